The summed E-state index contributed by atoms with van der Waals surface area (Å²) in [4.78, 5) is 22.4. The average Bonchev–Trinajstić information content (AvgIpc) is 2.55. The van der Waals surface area contributed by atoms with Crippen LogP contribution in [-0.2, 0) is 4.79 Å². The zero-order valence-electron chi connectivity index (χ0n) is 12.7. The van der Waals surface area contributed by atoms with E-state index < -0.39 is 4.92 Å². The van der Waals surface area contributed by atoms with Gasteiger partial charge in [0.1, 0.15) is 0 Å². The molecule has 24 heavy (non-hydrogen) atoms. The number of carbonyl (C=O) groups excluding carboxylic acids is 1. The Balaban J connectivity index is 2.17. The fourth-order valence-corrected chi connectivity index (χ4v) is 2.43. The number of benzene rings is 2. The molecule has 4 nitrogen and oxygen atoms in total. The van der Waals surface area contributed by atoms with Crippen molar-refractivity contribution in [1.82, 2.24) is 0 Å². The zero-order valence-corrected chi connectivity index (χ0v) is 14.2. The average molecular weight is 362 g/mol. The molecule has 0 fully saturated rings. The Morgan fingerprint density at radius 1 is 1.17 bits per heavy atom. The molecule has 0 N–H and O–H groups in total. The van der Waals surface area contributed by atoms with Crippen molar-refractivity contribution in [3.63, 3.8) is 0 Å². The molecule has 122 valence electrons. The summed E-state index contributed by atoms with van der Waals surface area (Å²) in [6.07, 6.45) is 4.57. The Kier molecular flexibility index (Phi) is 5.90. The molecule has 0 aliphatic carbocycles. The van der Waals surface area contributed by atoms with Gasteiger partial charge in [-0.15, -0.1) is 0 Å². The third-order valence-electron chi connectivity index (χ3n) is 3.23. The van der Waals surface area contributed by atoms with Crippen LogP contribution in [0.4, 0.5) is 5.69 Å². The third kappa shape index (κ3) is 4.78. The zero-order chi connectivity index (χ0) is 17.7. The predicted octanol–water partition coefficient (Wildman–Crippen LogP) is 5.59. The van der Waals surface area contributed by atoms with E-state index in [-0.39, 0.29) is 11.5 Å². The van der Waals surface area contributed by atoms with Gasteiger partial charge in [-0.2, -0.15) is 0 Å². The lowest BCUT2D eigenvalue weighted by atomic mass is 10.1. The molecule has 0 aliphatic heterocycles. The fraction of sp³-hybridized carbons (Fsp3) is 0.0556. The van der Waals surface area contributed by atoms with Crippen LogP contribution < -0.4 is 0 Å². The Bertz CT molecular complexity index is 857. The van der Waals surface area contributed by atoms with Gasteiger partial charge in [0, 0.05) is 22.2 Å². The van der Waals surface area contributed by atoms with E-state index in [1.54, 1.807) is 43.3 Å². The Morgan fingerprint density at radius 2 is 1.92 bits per heavy atom. The summed E-state index contributed by atoms with van der Waals surface area (Å²) in [5.41, 5.74) is 1.73. The topological polar surface area (TPSA) is 60.2 Å². The number of nitro benzene ring substituents is 1. The van der Waals surface area contributed by atoms with Crippen molar-refractivity contribution in [2.75, 3.05) is 0 Å². The number of halogens is 2. The van der Waals surface area contributed by atoms with Gasteiger partial charge in [-0.3, -0.25) is 14.9 Å². The second-order valence-corrected chi connectivity index (χ2v) is 5.89. The molecule has 0 radical (unpaired) electrons. The molecule has 6 heteroatoms. The minimum Gasteiger partial charge on any atom is -0.290 e. The SMILES string of the molecule is C/C(=C\c1ccc(Cl)cc1Cl)C(=O)/C=C/c1cccc([N+](=O)[O-])c1. The summed E-state index contributed by atoms with van der Waals surface area (Å²) in [5.74, 6) is -0.215. The van der Waals surface area contributed by atoms with Gasteiger partial charge in [0.2, 0.25) is 0 Å². The minimum absolute atomic E-state index is 0.0233. The maximum Gasteiger partial charge on any atom is 0.270 e. The quantitative estimate of drug-likeness (QED) is 0.396. The Morgan fingerprint density at radius 3 is 2.58 bits per heavy atom. The number of ketones is 1. The van der Waals surface area contributed by atoms with Crippen LogP contribution in [0.25, 0.3) is 12.2 Å². The fourth-order valence-electron chi connectivity index (χ4n) is 1.97. The molecule has 0 bridgehead atoms. The van der Waals surface area contributed by atoms with Gasteiger partial charge in [0.05, 0.1) is 4.92 Å². The highest BCUT2D eigenvalue weighted by molar-refractivity contribution is 6.35. The number of hydrogen-bond donors (Lipinski definition) is 0. The number of carbonyl (C=O) groups is 1. The maximum absolute atomic E-state index is 12.2. The van der Waals surface area contributed by atoms with Crippen molar-refractivity contribution in [1.29, 1.82) is 0 Å². The van der Waals surface area contributed by atoms with Crippen molar-refractivity contribution >= 4 is 46.8 Å². The summed E-state index contributed by atoms with van der Waals surface area (Å²) in [6.45, 7) is 1.67. The van der Waals surface area contributed by atoms with Gasteiger partial charge in [-0.1, -0.05) is 47.5 Å². The molecule has 0 saturated carbocycles. The number of non-ortho nitro benzene ring substituents is 1. The summed E-state index contributed by atoms with van der Waals surface area (Å²) in [6, 6.07) is 11.1. The lowest BCUT2D eigenvalue weighted by Crippen LogP contribution is -1.94. The normalized spacial score (nSPS) is 11.7. The standard InChI is InChI=1S/C18H13Cl2NO3/c1-12(9-14-6-7-15(19)11-17(14)20)18(22)8-5-13-3-2-4-16(10-13)21(23)24/h2-11H,1H3/b8-5+,12-9+. The number of hydrogen-bond acceptors (Lipinski definition) is 3. The van der Waals surface area contributed by atoms with Crippen LogP contribution in [0, 0.1) is 10.1 Å². The molecule has 0 heterocycles. The molecule has 0 aliphatic rings. The van der Waals surface area contributed by atoms with Crippen LogP contribution in [0.5, 0.6) is 0 Å². The highest BCUT2D eigenvalue weighted by Gasteiger charge is 2.06. The lowest BCUT2D eigenvalue weighted by Gasteiger charge is -2.01. The van der Waals surface area contributed by atoms with Gasteiger partial charge in [0.15, 0.2) is 5.78 Å². The van der Waals surface area contributed by atoms with E-state index >= 15 is 0 Å². The van der Waals surface area contributed by atoms with Crippen LogP contribution in [0.3, 0.4) is 0 Å². The van der Waals surface area contributed by atoms with Crippen LogP contribution >= 0.6 is 23.2 Å². The van der Waals surface area contributed by atoms with E-state index in [1.807, 2.05) is 0 Å². The van der Waals surface area contributed by atoms with Crippen molar-refractivity contribution < 1.29 is 9.72 Å². The lowest BCUT2D eigenvalue weighted by molar-refractivity contribution is -0.384. The first-order chi connectivity index (χ1) is 11.4. The molecule has 0 spiro atoms. The van der Waals surface area contributed by atoms with E-state index in [4.69, 9.17) is 23.2 Å². The van der Waals surface area contributed by atoms with Crippen molar-refractivity contribution in [2.24, 2.45) is 0 Å². The number of nitro groups is 1. The van der Waals surface area contributed by atoms with Crippen molar-refractivity contribution in [2.45, 2.75) is 6.92 Å². The number of allylic oxidation sites excluding steroid dienone is 2. The van der Waals surface area contributed by atoms with Gasteiger partial charge < -0.3 is 0 Å². The number of rotatable bonds is 5. The third-order valence-corrected chi connectivity index (χ3v) is 3.79. The van der Waals surface area contributed by atoms with Crippen LogP contribution in [0.1, 0.15) is 18.1 Å². The second-order valence-electron chi connectivity index (χ2n) is 5.04. The first-order valence-electron chi connectivity index (χ1n) is 6.97. The van der Waals surface area contributed by atoms with E-state index in [2.05, 4.69) is 0 Å². The Labute approximate surface area is 149 Å². The van der Waals surface area contributed by atoms with Crippen molar-refractivity contribution in [3.8, 4) is 0 Å². The summed E-state index contributed by atoms with van der Waals surface area (Å²) in [5, 5.41) is 11.7. The van der Waals surface area contributed by atoms with E-state index in [9.17, 15) is 14.9 Å². The first-order valence-corrected chi connectivity index (χ1v) is 7.72. The molecular weight excluding hydrogens is 349 g/mol. The van der Waals surface area contributed by atoms with E-state index in [1.165, 1.54) is 24.3 Å². The molecular formula is C18H13Cl2NO3. The first kappa shape index (κ1) is 17.9. The molecule has 0 saturated heterocycles. The van der Waals surface area contributed by atoms with Gasteiger partial charge >= 0.3 is 0 Å². The smallest absolute Gasteiger partial charge is 0.270 e. The van der Waals surface area contributed by atoms with Crippen LogP contribution in [-0.4, -0.2) is 10.7 Å². The Hall–Kier alpha value is -2.43. The van der Waals surface area contributed by atoms with E-state index in [0.29, 0.717) is 26.7 Å². The second kappa shape index (κ2) is 7.90. The molecule has 0 aromatic heterocycles. The van der Waals surface area contributed by atoms with E-state index in [0.717, 1.165) is 0 Å². The molecule has 0 amide bonds. The number of nitrogens with zero attached hydrogens (tertiary/aromatic N) is 1. The molecule has 0 unspecified atom stereocenters. The van der Waals surface area contributed by atoms with Gasteiger partial charge in [-0.05, 0) is 47.9 Å². The molecule has 0 atom stereocenters. The summed E-state index contributed by atoms with van der Waals surface area (Å²) < 4.78 is 0. The highest BCUT2D eigenvalue weighted by Crippen LogP contribution is 2.23. The van der Waals surface area contributed by atoms with Crippen LogP contribution in [0.15, 0.2) is 54.1 Å². The molecule has 2 aromatic rings. The monoisotopic (exact) mass is 361 g/mol. The molecule has 2 aromatic carbocycles. The summed E-state index contributed by atoms with van der Waals surface area (Å²) in [7, 11) is 0. The predicted molar refractivity (Wildman–Crippen MR) is 97.3 cm³/mol. The largest absolute Gasteiger partial charge is 0.290 e. The van der Waals surface area contributed by atoms with Crippen molar-refractivity contribution in [3.05, 3.63) is 85.4 Å². The van der Waals surface area contributed by atoms with Gasteiger partial charge in [0.25, 0.3) is 5.69 Å². The molecule has 2 rings (SSSR count). The van der Waals surface area contributed by atoms with Crippen LogP contribution in [0.2, 0.25) is 10.0 Å². The summed E-state index contributed by atoms with van der Waals surface area (Å²) >= 11 is 11.9. The maximum atomic E-state index is 12.2. The van der Waals surface area contributed by atoms with Gasteiger partial charge in [-0.25, -0.2) is 0 Å². The minimum atomic E-state index is -0.479. The highest BCUT2D eigenvalue weighted by atomic mass is 35.5.